The number of carbonyl (C=O) groups excluding carboxylic acids is 4. The number of fused-ring (bicyclic) bond motifs is 1. The maximum absolute atomic E-state index is 12.8. The van der Waals surface area contributed by atoms with Crippen LogP contribution in [0.15, 0.2) is 24.3 Å². The van der Waals surface area contributed by atoms with Crippen molar-refractivity contribution in [1.82, 2.24) is 9.80 Å². The standard InChI is InChI=1S/C22H28N2O5/c1-13(2)19(24-20(26)16-7-5-6-8-17(16)21(24)27)22(28)29-12-18(25)23-10-14(3)9-15(4)11-23/h5-8,13-15,19H,9-12H2,1-4H3/t14-,15-,19+/m1/s1. The summed E-state index contributed by atoms with van der Waals surface area (Å²) in [4.78, 5) is 53.5. The van der Waals surface area contributed by atoms with Crippen LogP contribution in [0.1, 0.15) is 54.8 Å². The van der Waals surface area contributed by atoms with E-state index in [0.29, 0.717) is 24.9 Å². The Kier molecular flexibility index (Phi) is 6.05. The Morgan fingerprint density at radius 2 is 1.55 bits per heavy atom. The summed E-state index contributed by atoms with van der Waals surface area (Å²) in [7, 11) is 0. The summed E-state index contributed by atoms with van der Waals surface area (Å²) in [5.41, 5.74) is 0.562. The smallest absolute Gasteiger partial charge is 0.330 e. The van der Waals surface area contributed by atoms with Crippen molar-refractivity contribution in [2.75, 3.05) is 19.7 Å². The average molecular weight is 400 g/mol. The van der Waals surface area contributed by atoms with Crippen molar-refractivity contribution < 1.29 is 23.9 Å². The van der Waals surface area contributed by atoms with Gasteiger partial charge in [-0.05, 0) is 36.3 Å². The molecule has 156 valence electrons. The average Bonchev–Trinajstić information content (AvgIpc) is 2.91. The zero-order valence-electron chi connectivity index (χ0n) is 17.4. The van der Waals surface area contributed by atoms with E-state index < -0.39 is 23.8 Å². The van der Waals surface area contributed by atoms with Crippen LogP contribution in [0.3, 0.4) is 0 Å². The highest BCUT2D eigenvalue weighted by Gasteiger charge is 2.44. The molecule has 0 aliphatic carbocycles. The minimum atomic E-state index is -1.07. The minimum Gasteiger partial charge on any atom is -0.454 e. The molecule has 1 aromatic carbocycles. The van der Waals surface area contributed by atoms with Gasteiger partial charge in [0.15, 0.2) is 6.61 Å². The Hall–Kier alpha value is -2.70. The maximum atomic E-state index is 12.8. The zero-order chi connectivity index (χ0) is 21.3. The van der Waals surface area contributed by atoms with Crippen LogP contribution in [0.5, 0.6) is 0 Å². The molecule has 2 aliphatic rings. The van der Waals surface area contributed by atoms with Crippen LogP contribution in [-0.2, 0) is 14.3 Å². The molecule has 1 saturated heterocycles. The Morgan fingerprint density at radius 3 is 2.03 bits per heavy atom. The number of rotatable bonds is 5. The van der Waals surface area contributed by atoms with E-state index in [9.17, 15) is 19.2 Å². The molecule has 2 aliphatic heterocycles. The van der Waals surface area contributed by atoms with E-state index in [1.54, 1.807) is 43.0 Å². The molecule has 0 N–H and O–H groups in total. The Bertz CT molecular complexity index is 789. The summed E-state index contributed by atoms with van der Waals surface area (Å²) in [5.74, 6) is -1.55. The first kappa shape index (κ1) is 21.0. The SMILES string of the molecule is CC(C)[C@@H](C(=O)OCC(=O)N1C[C@H](C)C[C@@H](C)C1)N1C(=O)c2ccccc2C1=O. The quantitative estimate of drug-likeness (QED) is 0.560. The molecule has 29 heavy (non-hydrogen) atoms. The number of carbonyl (C=O) groups is 4. The lowest BCUT2D eigenvalue weighted by atomic mass is 9.92. The second-order valence-electron chi connectivity index (χ2n) is 8.57. The highest BCUT2D eigenvalue weighted by Crippen LogP contribution is 2.28. The van der Waals surface area contributed by atoms with Crippen molar-refractivity contribution in [2.24, 2.45) is 17.8 Å². The molecule has 3 amide bonds. The van der Waals surface area contributed by atoms with Crippen molar-refractivity contribution >= 4 is 23.7 Å². The number of esters is 1. The lowest BCUT2D eigenvalue weighted by Gasteiger charge is -2.35. The number of nitrogens with zero attached hydrogens (tertiary/aromatic N) is 2. The third-order valence-corrected chi connectivity index (χ3v) is 5.54. The predicted octanol–water partition coefficient (Wildman–Crippen LogP) is 2.35. The van der Waals surface area contributed by atoms with Gasteiger partial charge in [0.1, 0.15) is 6.04 Å². The van der Waals surface area contributed by atoms with E-state index in [0.717, 1.165) is 11.3 Å². The number of hydrogen-bond acceptors (Lipinski definition) is 5. The van der Waals surface area contributed by atoms with Gasteiger partial charge in [0.2, 0.25) is 0 Å². The first-order chi connectivity index (χ1) is 13.7. The number of hydrogen-bond donors (Lipinski definition) is 0. The van der Waals surface area contributed by atoms with Gasteiger partial charge in [-0.2, -0.15) is 0 Å². The van der Waals surface area contributed by atoms with E-state index in [4.69, 9.17) is 4.74 Å². The monoisotopic (exact) mass is 400 g/mol. The summed E-state index contributed by atoms with van der Waals surface area (Å²) in [5, 5.41) is 0. The first-order valence-corrected chi connectivity index (χ1v) is 10.1. The second kappa shape index (κ2) is 8.35. The fraction of sp³-hybridized carbons (Fsp3) is 0.545. The fourth-order valence-electron chi connectivity index (χ4n) is 4.31. The summed E-state index contributed by atoms with van der Waals surface area (Å²) >= 11 is 0. The summed E-state index contributed by atoms with van der Waals surface area (Å²) in [6.45, 7) is 8.58. The highest BCUT2D eigenvalue weighted by molar-refractivity contribution is 6.22. The van der Waals surface area contributed by atoms with Crippen molar-refractivity contribution in [3.8, 4) is 0 Å². The summed E-state index contributed by atoms with van der Waals surface area (Å²) in [6.07, 6.45) is 1.07. The lowest BCUT2D eigenvalue weighted by molar-refractivity contribution is -0.157. The normalized spacial score (nSPS) is 22.7. The van der Waals surface area contributed by atoms with Gasteiger partial charge >= 0.3 is 5.97 Å². The molecule has 7 heteroatoms. The van der Waals surface area contributed by atoms with Gasteiger partial charge in [-0.25, -0.2) is 4.79 Å². The van der Waals surface area contributed by atoms with Gasteiger partial charge in [0.05, 0.1) is 11.1 Å². The molecule has 0 bridgehead atoms. The van der Waals surface area contributed by atoms with Crippen LogP contribution >= 0.6 is 0 Å². The zero-order valence-corrected chi connectivity index (χ0v) is 17.4. The first-order valence-electron chi connectivity index (χ1n) is 10.1. The van der Waals surface area contributed by atoms with E-state index in [-0.39, 0.29) is 29.6 Å². The number of amides is 3. The third kappa shape index (κ3) is 4.18. The van der Waals surface area contributed by atoms with Gasteiger partial charge in [-0.1, -0.05) is 39.8 Å². The third-order valence-electron chi connectivity index (χ3n) is 5.54. The van der Waals surface area contributed by atoms with Gasteiger partial charge < -0.3 is 9.64 Å². The summed E-state index contributed by atoms with van der Waals surface area (Å²) < 4.78 is 5.28. The van der Waals surface area contributed by atoms with E-state index >= 15 is 0 Å². The topological polar surface area (TPSA) is 84.0 Å². The molecule has 0 aromatic heterocycles. The molecule has 0 unspecified atom stereocenters. The number of imide groups is 1. The molecule has 0 radical (unpaired) electrons. The Labute approximate surface area is 171 Å². The van der Waals surface area contributed by atoms with Crippen LogP contribution in [0.25, 0.3) is 0 Å². The predicted molar refractivity (Wildman–Crippen MR) is 106 cm³/mol. The Balaban J connectivity index is 1.69. The molecule has 1 aromatic rings. The minimum absolute atomic E-state index is 0.249. The van der Waals surface area contributed by atoms with Crippen LogP contribution < -0.4 is 0 Å². The van der Waals surface area contributed by atoms with Crippen molar-refractivity contribution in [1.29, 1.82) is 0 Å². The number of likely N-dealkylation sites (tertiary alicyclic amines) is 1. The molecular weight excluding hydrogens is 372 g/mol. The van der Waals surface area contributed by atoms with Crippen LogP contribution in [-0.4, -0.2) is 59.2 Å². The van der Waals surface area contributed by atoms with E-state index in [2.05, 4.69) is 13.8 Å². The van der Waals surface area contributed by atoms with Crippen LogP contribution in [0.4, 0.5) is 0 Å². The molecule has 3 rings (SSSR count). The molecule has 3 atom stereocenters. The highest BCUT2D eigenvalue weighted by atomic mass is 16.5. The van der Waals surface area contributed by atoms with E-state index in [1.807, 2.05) is 0 Å². The van der Waals surface area contributed by atoms with Gasteiger partial charge in [0.25, 0.3) is 17.7 Å². The largest absolute Gasteiger partial charge is 0.454 e. The Morgan fingerprint density at radius 1 is 1.03 bits per heavy atom. The van der Waals surface area contributed by atoms with Gasteiger partial charge in [-0.15, -0.1) is 0 Å². The van der Waals surface area contributed by atoms with Crippen molar-refractivity contribution in [3.05, 3.63) is 35.4 Å². The molecular formula is C22H28N2O5. The lowest BCUT2D eigenvalue weighted by Crippen LogP contribution is -2.50. The summed E-state index contributed by atoms with van der Waals surface area (Å²) in [6, 6.07) is 5.42. The molecule has 0 spiro atoms. The molecule has 2 heterocycles. The number of benzene rings is 1. The van der Waals surface area contributed by atoms with Gasteiger partial charge in [0, 0.05) is 13.1 Å². The fourth-order valence-corrected chi connectivity index (χ4v) is 4.31. The number of piperidine rings is 1. The van der Waals surface area contributed by atoms with Crippen molar-refractivity contribution in [2.45, 2.75) is 40.2 Å². The van der Waals surface area contributed by atoms with Crippen LogP contribution in [0.2, 0.25) is 0 Å². The maximum Gasteiger partial charge on any atom is 0.330 e. The molecule has 7 nitrogen and oxygen atoms in total. The number of ether oxygens (including phenoxy) is 1. The second-order valence-corrected chi connectivity index (χ2v) is 8.57. The molecule has 1 fully saturated rings. The van der Waals surface area contributed by atoms with Crippen molar-refractivity contribution in [3.63, 3.8) is 0 Å². The molecule has 0 saturated carbocycles. The van der Waals surface area contributed by atoms with Crippen LogP contribution in [0, 0.1) is 17.8 Å². The van der Waals surface area contributed by atoms with Gasteiger partial charge in [-0.3, -0.25) is 19.3 Å². The van der Waals surface area contributed by atoms with E-state index in [1.165, 1.54) is 0 Å².